The fourth-order valence-electron chi connectivity index (χ4n) is 2.45. The summed E-state index contributed by atoms with van der Waals surface area (Å²) in [6, 6.07) is 12.6. The number of ether oxygens (including phenoxy) is 1. The summed E-state index contributed by atoms with van der Waals surface area (Å²) in [4.78, 5) is 35.1. The van der Waals surface area contributed by atoms with Crippen molar-refractivity contribution in [3.8, 4) is 5.75 Å². The fraction of sp³-hybridized carbons (Fsp3) is 0.238. The Balaban J connectivity index is 1.94. The summed E-state index contributed by atoms with van der Waals surface area (Å²) in [5, 5.41) is 8.94. The van der Waals surface area contributed by atoms with Crippen LogP contribution in [0.15, 0.2) is 47.6 Å². The van der Waals surface area contributed by atoms with Gasteiger partial charge in [-0.2, -0.15) is 5.10 Å². The molecular weight excluding hydrogens is 372 g/mol. The van der Waals surface area contributed by atoms with Crippen LogP contribution >= 0.6 is 0 Å². The molecule has 0 bridgehead atoms. The van der Waals surface area contributed by atoms with Gasteiger partial charge in [0.2, 0.25) is 0 Å². The van der Waals surface area contributed by atoms with Gasteiger partial charge in [0, 0.05) is 17.8 Å². The number of benzene rings is 2. The molecule has 0 saturated heterocycles. The molecule has 0 heterocycles. The lowest BCUT2D eigenvalue weighted by molar-refractivity contribution is -0.139. The number of hydrogen-bond donors (Lipinski definition) is 3. The van der Waals surface area contributed by atoms with Crippen LogP contribution in [0.4, 0.5) is 5.69 Å². The molecule has 2 aromatic carbocycles. The number of rotatable bonds is 7. The molecule has 0 atom stereocenters. The minimum absolute atomic E-state index is 0.191. The van der Waals surface area contributed by atoms with E-state index in [1.807, 2.05) is 32.0 Å². The second-order valence-corrected chi connectivity index (χ2v) is 6.25. The number of aryl methyl sites for hydroxylation is 2. The van der Waals surface area contributed by atoms with Gasteiger partial charge < -0.3 is 15.4 Å². The van der Waals surface area contributed by atoms with Gasteiger partial charge in [0.25, 0.3) is 5.91 Å². The van der Waals surface area contributed by atoms with Crippen molar-refractivity contribution in [3.05, 3.63) is 59.2 Å². The van der Waals surface area contributed by atoms with Gasteiger partial charge in [-0.1, -0.05) is 29.8 Å². The average Bonchev–Trinajstić information content (AvgIpc) is 2.69. The van der Waals surface area contributed by atoms with E-state index in [1.165, 1.54) is 6.21 Å². The summed E-state index contributed by atoms with van der Waals surface area (Å²) in [6.07, 6.45) is 1.34. The number of likely N-dealkylation sites (N-methyl/N-ethyl adjacent to an activating group) is 1. The molecule has 0 aliphatic rings. The first-order chi connectivity index (χ1) is 13.9. The smallest absolute Gasteiger partial charge is 0.329 e. The van der Waals surface area contributed by atoms with Crippen molar-refractivity contribution in [2.24, 2.45) is 5.10 Å². The van der Waals surface area contributed by atoms with E-state index < -0.39 is 11.8 Å². The Kier molecular flexibility index (Phi) is 7.90. The van der Waals surface area contributed by atoms with Crippen LogP contribution in [0.3, 0.4) is 0 Å². The van der Waals surface area contributed by atoms with E-state index in [0.717, 1.165) is 16.8 Å². The Bertz CT molecular complexity index is 925. The normalized spacial score (nSPS) is 10.4. The molecule has 0 aliphatic carbocycles. The molecule has 3 amide bonds. The number of carbonyl (C=O) groups is 3. The molecule has 0 radical (unpaired) electrons. The van der Waals surface area contributed by atoms with E-state index in [4.69, 9.17) is 4.74 Å². The van der Waals surface area contributed by atoms with Crippen LogP contribution in [0.1, 0.15) is 23.6 Å². The van der Waals surface area contributed by atoms with Crippen molar-refractivity contribution in [2.75, 3.05) is 18.5 Å². The van der Waals surface area contributed by atoms with Gasteiger partial charge in [0.05, 0.1) is 6.21 Å². The van der Waals surface area contributed by atoms with Gasteiger partial charge in [-0.05, 0) is 44.5 Å². The molecule has 152 valence electrons. The summed E-state index contributed by atoms with van der Waals surface area (Å²) in [5.41, 5.74) is 5.49. The average molecular weight is 396 g/mol. The van der Waals surface area contributed by atoms with Crippen LogP contribution in [0.2, 0.25) is 0 Å². The van der Waals surface area contributed by atoms with Gasteiger partial charge >= 0.3 is 11.8 Å². The van der Waals surface area contributed by atoms with E-state index >= 15 is 0 Å². The topological polar surface area (TPSA) is 109 Å². The van der Waals surface area contributed by atoms with Crippen molar-refractivity contribution in [1.29, 1.82) is 0 Å². The number of carbonyl (C=O) groups excluding carboxylic acids is 3. The Morgan fingerprint density at radius 3 is 2.55 bits per heavy atom. The quantitative estimate of drug-likeness (QED) is 0.377. The van der Waals surface area contributed by atoms with Gasteiger partial charge in [0.1, 0.15) is 5.75 Å². The highest BCUT2D eigenvalue weighted by Gasteiger charge is 2.11. The zero-order chi connectivity index (χ0) is 21.2. The van der Waals surface area contributed by atoms with E-state index in [9.17, 15) is 14.4 Å². The minimum atomic E-state index is -0.866. The molecular formula is C21H24N4O4. The first-order valence-corrected chi connectivity index (χ1v) is 9.11. The zero-order valence-electron chi connectivity index (χ0n) is 16.6. The predicted octanol–water partition coefficient (Wildman–Crippen LogP) is 1.91. The van der Waals surface area contributed by atoms with E-state index in [0.29, 0.717) is 17.9 Å². The Labute approximate surface area is 169 Å². The number of anilines is 1. The summed E-state index contributed by atoms with van der Waals surface area (Å²) in [7, 11) is 0. The number of hydrogen-bond acceptors (Lipinski definition) is 5. The van der Waals surface area contributed by atoms with Crippen molar-refractivity contribution < 1.29 is 19.1 Å². The first-order valence-electron chi connectivity index (χ1n) is 9.11. The highest BCUT2D eigenvalue weighted by atomic mass is 16.5. The molecule has 3 N–H and O–H groups in total. The van der Waals surface area contributed by atoms with Gasteiger partial charge in [-0.15, -0.1) is 0 Å². The summed E-state index contributed by atoms with van der Waals surface area (Å²) in [6.45, 7) is 5.77. The predicted molar refractivity (Wildman–Crippen MR) is 111 cm³/mol. The Morgan fingerprint density at radius 1 is 1.07 bits per heavy atom. The minimum Gasteiger partial charge on any atom is -0.483 e. The van der Waals surface area contributed by atoms with Crippen LogP contribution in [-0.2, 0) is 14.4 Å². The van der Waals surface area contributed by atoms with Crippen LogP contribution in [-0.4, -0.2) is 37.1 Å². The number of para-hydroxylation sites is 1. The molecule has 0 unspecified atom stereocenters. The second kappa shape index (κ2) is 10.6. The van der Waals surface area contributed by atoms with Crippen molar-refractivity contribution in [2.45, 2.75) is 20.8 Å². The third-order valence-electron chi connectivity index (χ3n) is 3.85. The van der Waals surface area contributed by atoms with Crippen LogP contribution in [0.5, 0.6) is 5.75 Å². The molecule has 0 aromatic heterocycles. The summed E-state index contributed by atoms with van der Waals surface area (Å²) in [5.74, 6) is -1.51. The Morgan fingerprint density at radius 2 is 1.83 bits per heavy atom. The van der Waals surface area contributed by atoms with E-state index in [-0.39, 0.29) is 12.5 Å². The number of nitrogens with zero attached hydrogens (tertiary/aromatic N) is 1. The molecule has 8 nitrogen and oxygen atoms in total. The highest BCUT2D eigenvalue weighted by molar-refractivity contribution is 6.35. The summed E-state index contributed by atoms with van der Waals surface area (Å²) >= 11 is 0. The molecule has 0 saturated carbocycles. The van der Waals surface area contributed by atoms with E-state index in [2.05, 4.69) is 21.2 Å². The van der Waals surface area contributed by atoms with Crippen LogP contribution < -0.4 is 20.8 Å². The van der Waals surface area contributed by atoms with Crippen molar-refractivity contribution >= 4 is 29.6 Å². The monoisotopic (exact) mass is 396 g/mol. The second-order valence-electron chi connectivity index (χ2n) is 6.25. The maximum absolute atomic E-state index is 12.2. The lowest BCUT2D eigenvalue weighted by Gasteiger charge is -2.11. The SMILES string of the molecule is CCNC(=O)C(=O)N/N=C\c1ccccc1OCC(=O)Nc1ccc(C)cc1C. The molecule has 29 heavy (non-hydrogen) atoms. The highest BCUT2D eigenvalue weighted by Crippen LogP contribution is 2.17. The van der Waals surface area contributed by atoms with Crippen molar-refractivity contribution in [3.63, 3.8) is 0 Å². The number of nitrogens with one attached hydrogen (secondary N) is 3. The number of amides is 3. The van der Waals surface area contributed by atoms with Gasteiger partial charge in [-0.3, -0.25) is 14.4 Å². The lowest BCUT2D eigenvalue weighted by Crippen LogP contribution is -2.37. The maximum Gasteiger partial charge on any atom is 0.329 e. The lowest BCUT2D eigenvalue weighted by atomic mass is 10.1. The standard InChI is InChI=1S/C21H24N4O4/c1-4-22-20(27)21(28)25-23-12-16-7-5-6-8-18(16)29-13-19(26)24-17-10-9-14(2)11-15(17)3/h5-12H,4,13H2,1-3H3,(H,22,27)(H,24,26)(H,25,28)/b23-12-. The fourth-order valence-corrected chi connectivity index (χ4v) is 2.45. The van der Waals surface area contributed by atoms with Crippen molar-refractivity contribution in [1.82, 2.24) is 10.7 Å². The molecule has 2 aromatic rings. The van der Waals surface area contributed by atoms with Crippen LogP contribution in [0, 0.1) is 13.8 Å². The summed E-state index contributed by atoms with van der Waals surface area (Å²) < 4.78 is 5.58. The molecule has 2 rings (SSSR count). The molecule has 8 heteroatoms. The van der Waals surface area contributed by atoms with E-state index in [1.54, 1.807) is 31.2 Å². The maximum atomic E-state index is 12.2. The zero-order valence-corrected chi connectivity index (χ0v) is 16.6. The molecule has 0 fully saturated rings. The van der Waals surface area contributed by atoms with Gasteiger partial charge in [-0.25, -0.2) is 5.43 Å². The Hall–Kier alpha value is -3.68. The third kappa shape index (κ3) is 6.76. The third-order valence-corrected chi connectivity index (χ3v) is 3.85. The van der Waals surface area contributed by atoms with Crippen LogP contribution in [0.25, 0.3) is 0 Å². The first kappa shape index (κ1) is 21.6. The largest absolute Gasteiger partial charge is 0.483 e. The van der Waals surface area contributed by atoms with Gasteiger partial charge in [0.15, 0.2) is 6.61 Å². The molecule has 0 aliphatic heterocycles. The molecule has 0 spiro atoms. The number of hydrazone groups is 1.